The minimum atomic E-state index is -3.88. The van der Waals surface area contributed by atoms with Gasteiger partial charge in [-0.25, -0.2) is 13.1 Å². The van der Waals surface area contributed by atoms with Crippen LogP contribution in [0.2, 0.25) is 0 Å². The molecule has 0 aliphatic rings. The van der Waals surface area contributed by atoms with Crippen molar-refractivity contribution in [1.29, 1.82) is 0 Å². The minimum absolute atomic E-state index is 0.0508. The van der Waals surface area contributed by atoms with Gasteiger partial charge in [-0.15, -0.1) is 0 Å². The number of nitrogens with one attached hydrogen (secondary N) is 1. The number of sulfonamides is 1. The molecule has 106 valence electrons. The van der Waals surface area contributed by atoms with E-state index >= 15 is 0 Å². The van der Waals surface area contributed by atoms with Crippen LogP contribution in [0.25, 0.3) is 0 Å². The molecule has 0 spiro atoms. The fourth-order valence-corrected chi connectivity index (χ4v) is 2.58. The van der Waals surface area contributed by atoms with E-state index in [2.05, 4.69) is 4.72 Å². The SMILES string of the molecule is COCCNS(=O)(=O)c1cc(C(=O)[O-])ccc1OC. The zero-order chi connectivity index (χ0) is 14.5. The number of benzene rings is 1. The van der Waals surface area contributed by atoms with Gasteiger partial charge in [0.1, 0.15) is 10.6 Å². The maximum absolute atomic E-state index is 12.0. The van der Waals surface area contributed by atoms with Gasteiger partial charge in [0.2, 0.25) is 10.0 Å². The molecule has 1 aromatic carbocycles. The molecule has 1 aromatic rings. The quantitative estimate of drug-likeness (QED) is 0.644. The van der Waals surface area contributed by atoms with Crippen molar-refractivity contribution in [2.75, 3.05) is 27.4 Å². The number of carboxylic acids is 1. The van der Waals surface area contributed by atoms with Crippen LogP contribution >= 0.6 is 0 Å². The predicted octanol–water partition coefficient (Wildman–Crippen LogP) is -1.02. The van der Waals surface area contributed by atoms with E-state index in [4.69, 9.17) is 9.47 Å². The van der Waals surface area contributed by atoms with Crippen LogP contribution in [-0.4, -0.2) is 41.8 Å². The molecule has 0 heterocycles. The first kappa shape index (κ1) is 15.4. The molecule has 0 aliphatic carbocycles. The number of carboxylic acid groups (broad SMARTS) is 1. The van der Waals surface area contributed by atoms with Crippen LogP contribution in [0, 0.1) is 0 Å². The van der Waals surface area contributed by atoms with Crippen LogP contribution in [0.1, 0.15) is 10.4 Å². The summed E-state index contributed by atoms with van der Waals surface area (Å²) in [7, 11) is -1.15. The molecule has 0 saturated heterocycles. The summed E-state index contributed by atoms with van der Waals surface area (Å²) in [5.41, 5.74) is -0.243. The van der Waals surface area contributed by atoms with Gasteiger partial charge in [-0.2, -0.15) is 0 Å². The van der Waals surface area contributed by atoms with Gasteiger partial charge < -0.3 is 19.4 Å². The first-order chi connectivity index (χ1) is 8.92. The van der Waals surface area contributed by atoms with Gasteiger partial charge in [0.15, 0.2) is 0 Å². The lowest BCUT2D eigenvalue weighted by Gasteiger charge is -2.12. The van der Waals surface area contributed by atoms with Gasteiger partial charge in [-0.05, 0) is 23.8 Å². The smallest absolute Gasteiger partial charge is 0.244 e. The summed E-state index contributed by atoms with van der Waals surface area (Å²) in [6.45, 7) is 0.263. The third-order valence-electron chi connectivity index (χ3n) is 2.29. The maximum Gasteiger partial charge on any atom is 0.244 e. The summed E-state index contributed by atoms with van der Waals surface area (Å²) in [6, 6.07) is 3.46. The summed E-state index contributed by atoms with van der Waals surface area (Å²) >= 11 is 0. The molecule has 0 bridgehead atoms. The Balaban J connectivity index is 3.15. The van der Waals surface area contributed by atoms with Crippen LogP contribution in [0.3, 0.4) is 0 Å². The van der Waals surface area contributed by atoms with Crippen LogP contribution in [0.15, 0.2) is 23.1 Å². The molecular weight excluding hydrogens is 274 g/mol. The minimum Gasteiger partial charge on any atom is -0.545 e. The lowest BCUT2D eigenvalue weighted by atomic mass is 10.2. The standard InChI is InChI=1S/C11H15NO6S/c1-17-6-5-12-19(15,16)10-7-8(11(13)14)3-4-9(10)18-2/h3-4,7,12H,5-6H2,1-2H3,(H,13,14)/p-1. The average molecular weight is 288 g/mol. The van der Waals surface area contributed by atoms with Crippen molar-refractivity contribution in [3.63, 3.8) is 0 Å². The third-order valence-corrected chi connectivity index (χ3v) is 3.77. The molecule has 8 heteroatoms. The maximum atomic E-state index is 12.0. The summed E-state index contributed by atoms with van der Waals surface area (Å²) in [5.74, 6) is -1.41. The van der Waals surface area contributed by atoms with Crippen molar-refractivity contribution in [3.05, 3.63) is 23.8 Å². The lowest BCUT2D eigenvalue weighted by Crippen LogP contribution is -2.28. The molecule has 1 rings (SSSR count). The Bertz CT molecular complexity index is 554. The van der Waals surface area contributed by atoms with E-state index in [1.54, 1.807) is 0 Å². The highest BCUT2D eigenvalue weighted by atomic mass is 32.2. The van der Waals surface area contributed by atoms with Crippen molar-refractivity contribution < 1.29 is 27.8 Å². The van der Waals surface area contributed by atoms with Gasteiger partial charge in [-0.1, -0.05) is 0 Å². The number of carbonyl (C=O) groups is 1. The lowest BCUT2D eigenvalue weighted by molar-refractivity contribution is -0.255. The normalized spacial score (nSPS) is 11.3. The van der Waals surface area contributed by atoms with Crippen LogP contribution < -0.4 is 14.6 Å². The molecular formula is C11H14NO6S-. The molecule has 0 aliphatic heterocycles. The fraction of sp³-hybridized carbons (Fsp3) is 0.364. The Hall–Kier alpha value is -1.64. The van der Waals surface area contributed by atoms with E-state index in [1.165, 1.54) is 26.4 Å². The van der Waals surface area contributed by atoms with Crippen molar-refractivity contribution in [1.82, 2.24) is 4.72 Å². The van der Waals surface area contributed by atoms with Gasteiger partial charge in [0, 0.05) is 13.7 Å². The summed E-state index contributed by atoms with van der Waals surface area (Å²) in [4.78, 5) is 10.5. The highest BCUT2D eigenvalue weighted by Gasteiger charge is 2.19. The highest BCUT2D eigenvalue weighted by Crippen LogP contribution is 2.24. The Labute approximate surface area is 111 Å². The number of rotatable bonds is 7. The van der Waals surface area contributed by atoms with Crippen LogP contribution in [0.4, 0.5) is 0 Å². The zero-order valence-electron chi connectivity index (χ0n) is 10.5. The molecule has 7 nitrogen and oxygen atoms in total. The third kappa shape index (κ3) is 3.91. The molecule has 0 radical (unpaired) electrons. The first-order valence-corrected chi connectivity index (χ1v) is 6.78. The second kappa shape index (κ2) is 6.50. The number of hydrogen-bond donors (Lipinski definition) is 1. The average Bonchev–Trinajstić information content (AvgIpc) is 2.38. The van der Waals surface area contributed by atoms with E-state index in [0.717, 1.165) is 6.07 Å². The molecule has 0 aromatic heterocycles. The van der Waals surface area contributed by atoms with E-state index in [1.807, 2.05) is 0 Å². The Morgan fingerprint density at radius 2 is 2.05 bits per heavy atom. The summed E-state index contributed by atoms with van der Waals surface area (Å²) in [5, 5.41) is 10.8. The molecule has 0 atom stereocenters. The summed E-state index contributed by atoms with van der Waals surface area (Å²) in [6.07, 6.45) is 0. The van der Waals surface area contributed by atoms with Crippen molar-refractivity contribution in [2.45, 2.75) is 4.90 Å². The summed E-state index contributed by atoms with van der Waals surface area (Å²) < 4.78 is 35.9. The van der Waals surface area contributed by atoms with Crippen molar-refractivity contribution >= 4 is 16.0 Å². The molecule has 0 fully saturated rings. The first-order valence-electron chi connectivity index (χ1n) is 5.30. The van der Waals surface area contributed by atoms with Crippen LogP contribution in [-0.2, 0) is 14.8 Å². The number of hydrogen-bond acceptors (Lipinski definition) is 6. The van der Waals surface area contributed by atoms with Crippen LogP contribution in [0.5, 0.6) is 5.75 Å². The number of methoxy groups -OCH3 is 2. The van der Waals surface area contributed by atoms with Crippen molar-refractivity contribution in [3.8, 4) is 5.75 Å². The monoisotopic (exact) mass is 288 g/mol. The van der Waals surface area contributed by atoms with Crippen molar-refractivity contribution in [2.24, 2.45) is 0 Å². The van der Waals surface area contributed by atoms with E-state index in [0.29, 0.717) is 0 Å². The molecule has 1 N–H and O–H groups in total. The predicted molar refractivity (Wildman–Crippen MR) is 64.4 cm³/mol. The number of aromatic carboxylic acids is 1. The highest BCUT2D eigenvalue weighted by molar-refractivity contribution is 7.89. The Kier molecular flexibility index (Phi) is 5.28. The van der Waals surface area contributed by atoms with E-state index in [9.17, 15) is 18.3 Å². The van der Waals surface area contributed by atoms with Gasteiger partial charge >= 0.3 is 0 Å². The van der Waals surface area contributed by atoms with Gasteiger partial charge in [0.25, 0.3) is 0 Å². The molecule has 0 saturated carbocycles. The van der Waals surface area contributed by atoms with Gasteiger partial charge in [0.05, 0.1) is 19.7 Å². The largest absolute Gasteiger partial charge is 0.545 e. The molecule has 0 unspecified atom stereocenters. The number of carbonyl (C=O) groups excluding carboxylic acids is 1. The fourth-order valence-electron chi connectivity index (χ4n) is 1.37. The second-order valence-corrected chi connectivity index (χ2v) is 5.28. The number of ether oxygens (including phenoxy) is 2. The van der Waals surface area contributed by atoms with Gasteiger partial charge in [-0.3, -0.25) is 0 Å². The zero-order valence-corrected chi connectivity index (χ0v) is 11.3. The Morgan fingerprint density at radius 3 is 2.58 bits per heavy atom. The molecule has 0 amide bonds. The topological polar surface area (TPSA) is 105 Å². The molecule has 19 heavy (non-hydrogen) atoms. The second-order valence-electron chi connectivity index (χ2n) is 3.54. The Morgan fingerprint density at radius 1 is 1.37 bits per heavy atom. The van der Waals surface area contributed by atoms with E-state index < -0.39 is 16.0 Å². The van der Waals surface area contributed by atoms with E-state index in [-0.39, 0.29) is 29.4 Å².